The van der Waals surface area contributed by atoms with Crippen molar-refractivity contribution in [2.45, 2.75) is 13.5 Å². The van der Waals surface area contributed by atoms with E-state index in [-0.39, 0.29) is 0 Å². The molecule has 0 aliphatic heterocycles. The lowest BCUT2D eigenvalue weighted by Crippen LogP contribution is -1.93. The number of thiazole rings is 1. The Bertz CT molecular complexity index is 406. The molecule has 0 bridgehead atoms. The molecule has 3 heteroatoms. The van der Waals surface area contributed by atoms with Gasteiger partial charge < -0.3 is 5.73 Å². The Labute approximate surface area is 75.0 Å². The van der Waals surface area contributed by atoms with Gasteiger partial charge in [0.1, 0.15) is 5.01 Å². The van der Waals surface area contributed by atoms with Crippen LogP contribution in [0.4, 0.5) is 0 Å². The van der Waals surface area contributed by atoms with Crippen molar-refractivity contribution in [3.05, 3.63) is 28.8 Å². The number of rotatable bonds is 1. The fourth-order valence-corrected chi connectivity index (χ4v) is 2.14. The minimum atomic E-state index is 0.540. The molecule has 0 aliphatic carbocycles. The fourth-order valence-electron chi connectivity index (χ4n) is 1.22. The van der Waals surface area contributed by atoms with Crippen LogP contribution in [0, 0.1) is 6.92 Å². The van der Waals surface area contributed by atoms with Crippen LogP contribution in [0.3, 0.4) is 0 Å². The van der Waals surface area contributed by atoms with Gasteiger partial charge in [0, 0.05) is 6.54 Å². The van der Waals surface area contributed by atoms with Gasteiger partial charge in [-0.25, -0.2) is 4.98 Å². The largest absolute Gasteiger partial charge is 0.325 e. The summed E-state index contributed by atoms with van der Waals surface area (Å²) in [6, 6.07) is 6.21. The van der Waals surface area contributed by atoms with Gasteiger partial charge in [-0.1, -0.05) is 12.1 Å². The van der Waals surface area contributed by atoms with Gasteiger partial charge in [0.05, 0.1) is 10.2 Å². The van der Waals surface area contributed by atoms with Crippen LogP contribution in [0.25, 0.3) is 10.2 Å². The highest BCUT2D eigenvalue weighted by Crippen LogP contribution is 2.23. The molecule has 1 aromatic carbocycles. The van der Waals surface area contributed by atoms with Gasteiger partial charge in [0.25, 0.3) is 0 Å². The van der Waals surface area contributed by atoms with Crippen LogP contribution in [0.5, 0.6) is 0 Å². The second-order valence-electron chi connectivity index (χ2n) is 2.73. The lowest BCUT2D eigenvalue weighted by molar-refractivity contribution is 1.05. The summed E-state index contributed by atoms with van der Waals surface area (Å²) in [5.74, 6) is 0. The predicted molar refractivity (Wildman–Crippen MR) is 52.2 cm³/mol. The van der Waals surface area contributed by atoms with Gasteiger partial charge in [-0.3, -0.25) is 0 Å². The van der Waals surface area contributed by atoms with Gasteiger partial charge in [0.15, 0.2) is 0 Å². The first-order valence-electron chi connectivity index (χ1n) is 3.86. The molecule has 2 rings (SSSR count). The molecule has 12 heavy (non-hydrogen) atoms. The summed E-state index contributed by atoms with van der Waals surface area (Å²) in [6.45, 7) is 2.61. The van der Waals surface area contributed by atoms with E-state index >= 15 is 0 Å². The lowest BCUT2D eigenvalue weighted by Gasteiger charge is -1.90. The zero-order valence-electron chi connectivity index (χ0n) is 6.87. The zero-order chi connectivity index (χ0) is 8.55. The predicted octanol–water partition coefficient (Wildman–Crippen LogP) is 2.06. The van der Waals surface area contributed by atoms with Crippen molar-refractivity contribution in [3.8, 4) is 0 Å². The minimum absolute atomic E-state index is 0.540. The van der Waals surface area contributed by atoms with E-state index in [2.05, 4.69) is 30.1 Å². The third-order valence-electron chi connectivity index (χ3n) is 1.84. The lowest BCUT2D eigenvalue weighted by atomic mass is 10.2. The number of fused-ring (bicyclic) bond motifs is 1. The van der Waals surface area contributed by atoms with Crippen LogP contribution < -0.4 is 5.73 Å². The number of hydrogen-bond acceptors (Lipinski definition) is 3. The maximum absolute atomic E-state index is 5.51. The Morgan fingerprint density at radius 1 is 1.50 bits per heavy atom. The van der Waals surface area contributed by atoms with Crippen molar-refractivity contribution in [2.75, 3.05) is 0 Å². The SMILES string of the molecule is Cc1cccc2sc(CN)nc12. The van der Waals surface area contributed by atoms with Crippen molar-refractivity contribution in [2.24, 2.45) is 5.73 Å². The van der Waals surface area contributed by atoms with Gasteiger partial charge in [0.2, 0.25) is 0 Å². The van der Waals surface area contributed by atoms with E-state index in [9.17, 15) is 0 Å². The van der Waals surface area contributed by atoms with Crippen molar-refractivity contribution in [1.29, 1.82) is 0 Å². The molecule has 62 valence electrons. The number of aromatic nitrogens is 1. The van der Waals surface area contributed by atoms with Gasteiger partial charge in [-0.2, -0.15) is 0 Å². The number of nitrogens with two attached hydrogens (primary N) is 1. The molecule has 0 atom stereocenters. The average Bonchev–Trinajstić information content (AvgIpc) is 2.49. The summed E-state index contributed by atoms with van der Waals surface area (Å²) in [7, 11) is 0. The van der Waals surface area contributed by atoms with Crippen LogP contribution >= 0.6 is 11.3 Å². The fraction of sp³-hybridized carbons (Fsp3) is 0.222. The Morgan fingerprint density at radius 2 is 2.33 bits per heavy atom. The molecule has 0 saturated heterocycles. The third-order valence-corrected chi connectivity index (χ3v) is 2.88. The number of aryl methyl sites for hydroxylation is 1. The number of para-hydroxylation sites is 1. The van der Waals surface area contributed by atoms with E-state index in [1.54, 1.807) is 11.3 Å². The first kappa shape index (κ1) is 7.71. The summed E-state index contributed by atoms with van der Waals surface area (Å²) in [4.78, 5) is 4.42. The summed E-state index contributed by atoms with van der Waals surface area (Å²) >= 11 is 1.68. The maximum Gasteiger partial charge on any atom is 0.107 e. The standard InChI is InChI=1S/C9H10N2S/c1-6-3-2-4-7-9(6)11-8(5-10)12-7/h2-4H,5,10H2,1H3. The van der Waals surface area contributed by atoms with Crippen molar-refractivity contribution >= 4 is 21.6 Å². The Kier molecular flexibility index (Phi) is 1.83. The summed E-state index contributed by atoms with van der Waals surface area (Å²) in [5, 5.41) is 1.01. The Hall–Kier alpha value is -0.930. The molecular formula is C9H10N2S. The molecule has 0 spiro atoms. The normalized spacial score (nSPS) is 10.8. The highest BCUT2D eigenvalue weighted by atomic mass is 32.1. The van der Waals surface area contributed by atoms with Crippen molar-refractivity contribution in [1.82, 2.24) is 4.98 Å². The second kappa shape index (κ2) is 2.84. The highest BCUT2D eigenvalue weighted by Gasteiger charge is 2.02. The molecule has 1 heterocycles. The van der Waals surface area contributed by atoms with Crippen LogP contribution in [-0.2, 0) is 6.54 Å². The highest BCUT2D eigenvalue weighted by molar-refractivity contribution is 7.18. The van der Waals surface area contributed by atoms with Crippen molar-refractivity contribution < 1.29 is 0 Å². The second-order valence-corrected chi connectivity index (χ2v) is 3.85. The van der Waals surface area contributed by atoms with E-state index in [1.165, 1.54) is 10.3 Å². The monoisotopic (exact) mass is 178 g/mol. The molecule has 0 fully saturated rings. The molecule has 0 saturated carbocycles. The topological polar surface area (TPSA) is 38.9 Å². The minimum Gasteiger partial charge on any atom is -0.325 e. The molecule has 0 unspecified atom stereocenters. The summed E-state index contributed by atoms with van der Waals surface area (Å²) < 4.78 is 1.23. The van der Waals surface area contributed by atoms with Gasteiger partial charge in [-0.15, -0.1) is 11.3 Å². The third kappa shape index (κ3) is 1.11. The van der Waals surface area contributed by atoms with E-state index in [0.29, 0.717) is 6.54 Å². The van der Waals surface area contributed by atoms with Crippen molar-refractivity contribution in [3.63, 3.8) is 0 Å². The molecule has 1 aromatic heterocycles. The molecule has 2 N–H and O–H groups in total. The zero-order valence-corrected chi connectivity index (χ0v) is 7.69. The van der Waals surface area contributed by atoms with E-state index in [0.717, 1.165) is 10.5 Å². The van der Waals surface area contributed by atoms with Crippen LogP contribution in [0.15, 0.2) is 18.2 Å². The smallest absolute Gasteiger partial charge is 0.107 e. The first-order valence-corrected chi connectivity index (χ1v) is 4.68. The first-order chi connectivity index (χ1) is 5.81. The maximum atomic E-state index is 5.51. The Balaban J connectivity index is 2.74. The van der Waals surface area contributed by atoms with Crippen LogP contribution in [0.2, 0.25) is 0 Å². The van der Waals surface area contributed by atoms with Crippen LogP contribution in [-0.4, -0.2) is 4.98 Å². The molecule has 0 radical (unpaired) electrons. The number of benzene rings is 1. The van der Waals surface area contributed by atoms with Gasteiger partial charge in [-0.05, 0) is 18.6 Å². The number of hydrogen-bond donors (Lipinski definition) is 1. The van der Waals surface area contributed by atoms with Gasteiger partial charge >= 0.3 is 0 Å². The van der Waals surface area contributed by atoms with E-state index in [4.69, 9.17) is 5.73 Å². The Morgan fingerprint density at radius 3 is 3.00 bits per heavy atom. The van der Waals surface area contributed by atoms with E-state index < -0.39 is 0 Å². The molecule has 2 nitrogen and oxygen atoms in total. The summed E-state index contributed by atoms with van der Waals surface area (Å²) in [6.07, 6.45) is 0. The van der Waals surface area contributed by atoms with E-state index in [1.807, 2.05) is 0 Å². The average molecular weight is 178 g/mol. The number of nitrogens with zero attached hydrogens (tertiary/aromatic N) is 1. The van der Waals surface area contributed by atoms with Crippen LogP contribution in [0.1, 0.15) is 10.6 Å². The summed E-state index contributed by atoms with van der Waals surface area (Å²) in [5.41, 5.74) is 7.84. The molecule has 0 amide bonds. The quantitative estimate of drug-likeness (QED) is 0.726. The molecule has 2 aromatic rings. The molecular weight excluding hydrogens is 168 g/mol. The molecule has 0 aliphatic rings.